The summed E-state index contributed by atoms with van der Waals surface area (Å²) in [7, 11) is 0. The Kier molecular flexibility index (Phi) is 2.44. The van der Waals surface area contributed by atoms with Gasteiger partial charge in [-0.2, -0.15) is 0 Å². The maximum Gasteiger partial charge on any atom is 0.0246 e. The largest absolute Gasteiger partial charge is 0.314 e. The van der Waals surface area contributed by atoms with Crippen LogP contribution in [0.1, 0.15) is 22.1 Å². The molecule has 0 amide bonds. The first-order valence-corrected chi connectivity index (χ1v) is 4.37. The number of hydrogen-bond acceptors (Lipinski definition) is 1. The van der Waals surface area contributed by atoms with E-state index < -0.39 is 12.9 Å². The van der Waals surface area contributed by atoms with Crippen molar-refractivity contribution in [2.75, 3.05) is 6.54 Å². The Morgan fingerprint density at radius 3 is 2.92 bits per heavy atom. The molecule has 0 aromatic heterocycles. The number of fused-ring (bicyclic) bond motifs is 1. The Morgan fingerprint density at radius 1 is 1.38 bits per heavy atom. The average molecular weight is 201 g/mol. The fourth-order valence-electron chi connectivity index (χ4n) is 1.67. The number of hydrogen-bond donors (Lipinski definition) is 1. The van der Waals surface area contributed by atoms with Crippen molar-refractivity contribution in [1.82, 2.24) is 5.32 Å². The summed E-state index contributed by atoms with van der Waals surface area (Å²) in [5.74, 6) is 0. The summed E-state index contributed by atoms with van der Waals surface area (Å²) in [4.78, 5) is 0. The highest BCUT2D eigenvalue weighted by Gasteiger charge is 2.10. The molecule has 1 nitrogen and oxygen atoms in total. The van der Waals surface area contributed by atoms with E-state index in [1.54, 1.807) is 0 Å². The third kappa shape index (κ3) is 2.45. The van der Waals surface area contributed by atoms with Gasteiger partial charge in [0.15, 0.2) is 0 Å². The zero-order chi connectivity index (χ0) is 10.9. The van der Waals surface area contributed by atoms with Crippen LogP contribution in [0.25, 0.3) is 0 Å². The van der Waals surface area contributed by atoms with Gasteiger partial charge in [-0.3, -0.25) is 0 Å². The van der Waals surface area contributed by atoms with Crippen molar-refractivity contribution < 1.29 is 4.11 Å². The molecule has 1 atom stereocenters. The topological polar surface area (TPSA) is 12.0 Å². The molecular weight excluding hydrogens is 182 g/mol. The lowest BCUT2D eigenvalue weighted by Gasteiger charge is -2.08. The molecule has 0 unspecified atom stereocenters. The van der Waals surface area contributed by atoms with Gasteiger partial charge in [0.25, 0.3) is 0 Å². The Hall–Kier alpha value is -0.530. The summed E-state index contributed by atoms with van der Waals surface area (Å²) >= 11 is 0. The summed E-state index contributed by atoms with van der Waals surface area (Å²) in [6.07, 6.45) is 1.52. The second kappa shape index (κ2) is 4.64. The first-order valence-electron chi connectivity index (χ1n) is 5.87. The normalized spacial score (nSPS) is 25.5. The first kappa shape index (κ1) is 6.86. The lowest BCUT2D eigenvalue weighted by atomic mass is 10.0. The SMILES string of the molecule is Cl.[2H]C([2H])([2H])[C@@H]1Cc2ccccc2CCN1. The molecule has 0 bridgehead atoms. The Balaban J connectivity index is 0.00000128. The second-order valence-electron chi connectivity index (χ2n) is 3.23. The molecule has 0 saturated heterocycles. The molecule has 0 aliphatic carbocycles. The van der Waals surface area contributed by atoms with Crippen molar-refractivity contribution in [2.45, 2.75) is 25.7 Å². The number of halogens is 1. The van der Waals surface area contributed by atoms with E-state index in [1.165, 1.54) is 11.1 Å². The van der Waals surface area contributed by atoms with Crippen molar-refractivity contribution in [1.29, 1.82) is 0 Å². The van der Waals surface area contributed by atoms with Gasteiger partial charge in [0.1, 0.15) is 0 Å². The summed E-state index contributed by atoms with van der Waals surface area (Å²) in [6, 6.07) is 7.69. The number of nitrogens with one attached hydrogen (secondary N) is 1. The van der Waals surface area contributed by atoms with Gasteiger partial charge in [-0.1, -0.05) is 24.3 Å². The van der Waals surface area contributed by atoms with Crippen LogP contribution in [0.3, 0.4) is 0 Å². The highest BCUT2D eigenvalue weighted by Crippen LogP contribution is 2.14. The van der Waals surface area contributed by atoms with Crippen LogP contribution < -0.4 is 5.32 Å². The fourth-order valence-corrected chi connectivity index (χ4v) is 1.67. The van der Waals surface area contributed by atoms with Crippen LogP contribution in [-0.4, -0.2) is 12.6 Å². The summed E-state index contributed by atoms with van der Waals surface area (Å²) in [6.45, 7) is -1.16. The van der Waals surface area contributed by atoms with E-state index in [-0.39, 0.29) is 12.4 Å². The predicted octanol–water partition coefficient (Wildman–Crippen LogP) is 2.19. The monoisotopic (exact) mass is 200 g/mol. The minimum Gasteiger partial charge on any atom is -0.314 e. The van der Waals surface area contributed by atoms with Crippen molar-refractivity contribution >= 4 is 12.4 Å². The highest BCUT2D eigenvalue weighted by molar-refractivity contribution is 5.85. The van der Waals surface area contributed by atoms with Crippen LogP contribution in [0.4, 0.5) is 0 Å². The van der Waals surface area contributed by atoms with Gasteiger partial charge in [0.05, 0.1) is 0 Å². The van der Waals surface area contributed by atoms with E-state index in [9.17, 15) is 0 Å². The first-order chi connectivity index (χ1) is 7.07. The lowest BCUT2D eigenvalue weighted by Crippen LogP contribution is -2.27. The van der Waals surface area contributed by atoms with Crippen LogP contribution in [0.5, 0.6) is 0 Å². The Morgan fingerprint density at radius 2 is 2.15 bits per heavy atom. The molecule has 1 N–H and O–H groups in total. The number of rotatable bonds is 0. The predicted molar refractivity (Wildman–Crippen MR) is 58.6 cm³/mol. The summed E-state index contributed by atoms with van der Waals surface area (Å²) in [5, 5.41) is 3.11. The van der Waals surface area contributed by atoms with Crippen molar-refractivity contribution in [3.63, 3.8) is 0 Å². The highest BCUT2D eigenvalue weighted by atomic mass is 35.5. The molecule has 1 aromatic rings. The zero-order valence-corrected chi connectivity index (χ0v) is 8.23. The van der Waals surface area contributed by atoms with Crippen LogP contribution in [-0.2, 0) is 12.8 Å². The molecule has 0 fully saturated rings. The minimum absolute atomic E-state index is 0. The van der Waals surface area contributed by atoms with Crippen LogP contribution in [0.15, 0.2) is 24.3 Å². The van der Waals surface area contributed by atoms with Gasteiger partial charge >= 0.3 is 0 Å². The third-order valence-electron chi connectivity index (χ3n) is 2.33. The van der Waals surface area contributed by atoms with Crippen LogP contribution in [0, 0.1) is 0 Å². The molecule has 0 saturated carbocycles. The van der Waals surface area contributed by atoms with E-state index in [2.05, 4.69) is 11.4 Å². The lowest BCUT2D eigenvalue weighted by molar-refractivity contribution is 0.568. The molecular formula is C11H16ClN. The standard InChI is InChI=1S/C11H15N.ClH/c1-9-8-11-5-3-2-4-10(11)6-7-12-9;/h2-5,9,12H,6-8H2,1H3;1H/t9-;/m1./s1/i1D3;. The summed E-state index contributed by atoms with van der Waals surface area (Å²) in [5.41, 5.74) is 2.44. The minimum atomic E-state index is -1.91. The van der Waals surface area contributed by atoms with Gasteiger partial charge in [-0.25, -0.2) is 0 Å². The van der Waals surface area contributed by atoms with Gasteiger partial charge in [0.2, 0.25) is 0 Å². The van der Waals surface area contributed by atoms with E-state index in [1.807, 2.05) is 18.2 Å². The van der Waals surface area contributed by atoms with Gasteiger partial charge in [-0.05, 0) is 37.4 Å². The van der Waals surface area contributed by atoms with Crippen LogP contribution >= 0.6 is 12.4 Å². The summed E-state index contributed by atoms with van der Waals surface area (Å²) < 4.78 is 22.3. The third-order valence-corrected chi connectivity index (χ3v) is 2.33. The molecule has 1 aromatic carbocycles. The van der Waals surface area contributed by atoms with Crippen molar-refractivity contribution in [3.05, 3.63) is 35.4 Å². The van der Waals surface area contributed by atoms with E-state index in [4.69, 9.17) is 4.11 Å². The molecule has 2 rings (SSSR count). The molecule has 1 aliphatic heterocycles. The van der Waals surface area contributed by atoms with Gasteiger partial charge in [-0.15, -0.1) is 12.4 Å². The van der Waals surface area contributed by atoms with Crippen molar-refractivity contribution in [3.8, 4) is 0 Å². The molecule has 0 spiro atoms. The molecule has 0 radical (unpaired) electrons. The molecule has 13 heavy (non-hydrogen) atoms. The average Bonchev–Trinajstić information content (AvgIpc) is 2.38. The van der Waals surface area contributed by atoms with E-state index in [0.29, 0.717) is 6.42 Å². The second-order valence-corrected chi connectivity index (χ2v) is 3.23. The Labute approximate surface area is 90.2 Å². The molecule has 2 heteroatoms. The van der Waals surface area contributed by atoms with E-state index in [0.717, 1.165) is 13.0 Å². The Bertz CT molecular complexity index is 351. The molecule has 72 valence electrons. The van der Waals surface area contributed by atoms with Gasteiger partial charge < -0.3 is 5.32 Å². The molecule has 1 aliphatic rings. The maximum atomic E-state index is 7.44. The zero-order valence-electron chi connectivity index (χ0n) is 10.4. The fraction of sp³-hybridized carbons (Fsp3) is 0.455. The maximum absolute atomic E-state index is 7.44. The number of benzene rings is 1. The molecule has 1 heterocycles. The van der Waals surface area contributed by atoms with Crippen molar-refractivity contribution in [2.24, 2.45) is 0 Å². The smallest absolute Gasteiger partial charge is 0.0246 e. The van der Waals surface area contributed by atoms with E-state index >= 15 is 0 Å². The van der Waals surface area contributed by atoms with Crippen LogP contribution in [0.2, 0.25) is 0 Å². The quantitative estimate of drug-likeness (QED) is 0.677. The van der Waals surface area contributed by atoms with Gasteiger partial charge in [0, 0.05) is 10.2 Å².